The summed E-state index contributed by atoms with van der Waals surface area (Å²) in [5, 5.41) is 9.27. The molecule has 1 aromatic heterocycles. The third kappa shape index (κ3) is 4.37. The summed E-state index contributed by atoms with van der Waals surface area (Å²) < 4.78 is 76.4. The van der Waals surface area contributed by atoms with Gasteiger partial charge in [0.1, 0.15) is 5.00 Å². The van der Waals surface area contributed by atoms with Crippen molar-refractivity contribution in [1.29, 1.82) is 0 Å². The Morgan fingerprint density at radius 3 is 2.38 bits per heavy atom. The van der Waals surface area contributed by atoms with E-state index in [-0.39, 0.29) is 17.0 Å². The van der Waals surface area contributed by atoms with E-state index in [4.69, 9.17) is 5.11 Å². The lowest BCUT2D eigenvalue weighted by Gasteiger charge is -2.07. The second-order valence-electron chi connectivity index (χ2n) is 4.59. The van der Waals surface area contributed by atoms with Crippen molar-refractivity contribution in [2.75, 3.05) is 5.32 Å². The molecular formula is C13H8F6N2O2S. The first-order chi connectivity index (χ1) is 11.0. The molecule has 2 N–H and O–H groups in total. The monoisotopic (exact) mass is 370 g/mol. The lowest BCUT2D eigenvalue weighted by atomic mass is 10.1. The van der Waals surface area contributed by atoms with E-state index in [9.17, 15) is 31.1 Å². The number of nitrogens with one attached hydrogen (secondary N) is 1. The Hall–Kier alpha value is -2.30. The lowest BCUT2D eigenvalue weighted by molar-refractivity contribution is -0.140. The van der Waals surface area contributed by atoms with Crippen molar-refractivity contribution in [2.24, 2.45) is 0 Å². The Labute approximate surface area is 134 Å². The standard InChI is InChI=1S/C13H8F6N2O2S/c14-12(15,16)7-3-1-2-6(4-7)5-8-20-9(13(17,18)19)10(24-8)21-11(22)23/h1-4,21H,5H2,(H,22,23). The van der Waals surface area contributed by atoms with Crippen LogP contribution in [0.4, 0.5) is 36.1 Å². The summed E-state index contributed by atoms with van der Waals surface area (Å²) in [7, 11) is 0. The minimum absolute atomic E-state index is 0.106. The van der Waals surface area contributed by atoms with E-state index in [1.165, 1.54) is 6.07 Å². The molecule has 0 bridgehead atoms. The molecule has 0 saturated carbocycles. The average Bonchev–Trinajstić information content (AvgIpc) is 2.80. The number of nitrogens with zero attached hydrogens (tertiary/aromatic N) is 1. The predicted molar refractivity (Wildman–Crippen MR) is 73.0 cm³/mol. The summed E-state index contributed by atoms with van der Waals surface area (Å²) in [6.45, 7) is 0. The van der Waals surface area contributed by atoms with Crippen LogP contribution in [0.3, 0.4) is 0 Å². The molecule has 1 amide bonds. The zero-order valence-electron chi connectivity index (χ0n) is 11.5. The van der Waals surface area contributed by atoms with Gasteiger partial charge in [0.25, 0.3) is 0 Å². The lowest BCUT2D eigenvalue weighted by Crippen LogP contribution is -2.13. The zero-order valence-corrected chi connectivity index (χ0v) is 12.3. The molecule has 0 aliphatic carbocycles. The Morgan fingerprint density at radius 1 is 1.17 bits per heavy atom. The molecule has 24 heavy (non-hydrogen) atoms. The molecule has 0 atom stereocenters. The van der Waals surface area contributed by atoms with Gasteiger partial charge in [-0.2, -0.15) is 26.3 Å². The molecule has 0 unspecified atom stereocenters. The third-order valence-corrected chi connectivity index (χ3v) is 3.74. The summed E-state index contributed by atoms with van der Waals surface area (Å²) in [6, 6.07) is 4.09. The van der Waals surface area contributed by atoms with Gasteiger partial charge in [-0.05, 0) is 11.6 Å². The minimum Gasteiger partial charge on any atom is -0.465 e. The van der Waals surface area contributed by atoms with Crippen molar-refractivity contribution >= 4 is 22.4 Å². The molecule has 0 fully saturated rings. The number of thiazole rings is 1. The van der Waals surface area contributed by atoms with E-state index >= 15 is 0 Å². The molecule has 0 saturated heterocycles. The van der Waals surface area contributed by atoms with Crippen LogP contribution in [0, 0.1) is 0 Å². The van der Waals surface area contributed by atoms with Crippen LogP contribution in [0.1, 0.15) is 21.8 Å². The summed E-state index contributed by atoms with van der Waals surface area (Å²) in [4.78, 5) is 13.9. The molecule has 2 rings (SSSR count). The van der Waals surface area contributed by atoms with Crippen molar-refractivity contribution in [2.45, 2.75) is 18.8 Å². The van der Waals surface area contributed by atoms with Crippen molar-refractivity contribution in [3.63, 3.8) is 0 Å². The van der Waals surface area contributed by atoms with Gasteiger partial charge in [-0.15, -0.1) is 11.3 Å². The fraction of sp³-hybridized carbons (Fsp3) is 0.231. The molecule has 1 heterocycles. The third-order valence-electron chi connectivity index (χ3n) is 2.77. The van der Waals surface area contributed by atoms with Crippen molar-refractivity contribution in [3.8, 4) is 0 Å². The Kier molecular flexibility index (Phi) is 4.74. The van der Waals surface area contributed by atoms with Crippen molar-refractivity contribution < 1.29 is 36.2 Å². The maximum absolute atomic E-state index is 12.8. The number of hydrogen-bond donors (Lipinski definition) is 2. The summed E-state index contributed by atoms with van der Waals surface area (Å²) in [5.41, 5.74) is -2.25. The second kappa shape index (κ2) is 6.30. The van der Waals surface area contributed by atoms with Gasteiger partial charge in [0, 0.05) is 6.42 Å². The van der Waals surface area contributed by atoms with Gasteiger partial charge in [-0.1, -0.05) is 18.2 Å². The molecule has 0 radical (unpaired) electrons. The van der Waals surface area contributed by atoms with Gasteiger partial charge in [-0.3, -0.25) is 5.32 Å². The van der Waals surface area contributed by atoms with Gasteiger partial charge in [0.15, 0.2) is 5.69 Å². The molecule has 4 nitrogen and oxygen atoms in total. The molecule has 11 heteroatoms. The number of benzene rings is 1. The normalized spacial score (nSPS) is 12.2. The van der Waals surface area contributed by atoms with E-state index in [2.05, 4.69) is 4.98 Å². The fourth-order valence-electron chi connectivity index (χ4n) is 1.85. The second-order valence-corrected chi connectivity index (χ2v) is 5.67. The van der Waals surface area contributed by atoms with E-state index < -0.39 is 34.7 Å². The Morgan fingerprint density at radius 2 is 1.83 bits per heavy atom. The Balaban J connectivity index is 2.34. The minimum atomic E-state index is -4.89. The fourth-order valence-corrected chi connectivity index (χ4v) is 2.85. The number of rotatable bonds is 3. The zero-order chi connectivity index (χ0) is 18.1. The van der Waals surface area contributed by atoms with Crippen LogP contribution >= 0.6 is 11.3 Å². The first-order valence-corrected chi connectivity index (χ1v) is 7.01. The maximum Gasteiger partial charge on any atom is 0.436 e. The van der Waals surface area contributed by atoms with Crippen LogP contribution in [0.25, 0.3) is 0 Å². The first kappa shape index (κ1) is 18.0. The van der Waals surface area contributed by atoms with Crippen molar-refractivity contribution in [3.05, 3.63) is 46.1 Å². The average molecular weight is 370 g/mol. The summed E-state index contributed by atoms with van der Waals surface area (Å²) >= 11 is 0.419. The number of halogens is 6. The van der Waals surface area contributed by atoms with E-state index in [1.807, 2.05) is 0 Å². The van der Waals surface area contributed by atoms with Gasteiger partial charge in [0.2, 0.25) is 0 Å². The number of amides is 1. The molecule has 0 spiro atoms. The number of hydrogen-bond acceptors (Lipinski definition) is 3. The van der Waals surface area contributed by atoms with Gasteiger partial charge in [0.05, 0.1) is 10.6 Å². The SMILES string of the molecule is O=C(O)Nc1sc(Cc2cccc(C(F)(F)F)c2)nc1C(F)(F)F. The molecular weight excluding hydrogens is 362 g/mol. The van der Waals surface area contributed by atoms with Gasteiger partial charge in [-0.25, -0.2) is 9.78 Å². The highest BCUT2D eigenvalue weighted by molar-refractivity contribution is 7.16. The van der Waals surface area contributed by atoms with Crippen LogP contribution in [-0.2, 0) is 18.8 Å². The molecule has 2 aromatic rings. The smallest absolute Gasteiger partial charge is 0.436 e. The molecule has 0 aliphatic heterocycles. The van der Waals surface area contributed by atoms with E-state index in [0.717, 1.165) is 18.2 Å². The van der Waals surface area contributed by atoms with Crippen LogP contribution < -0.4 is 5.32 Å². The van der Waals surface area contributed by atoms with Crippen LogP contribution in [-0.4, -0.2) is 16.2 Å². The molecule has 1 aromatic carbocycles. The molecule has 130 valence electrons. The summed E-state index contributed by atoms with van der Waals surface area (Å²) in [6.07, 6.45) is -11.5. The van der Waals surface area contributed by atoms with Crippen LogP contribution in [0.15, 0.2) is 24.3 Å². The van der Waals surface area contributed by atoms with Crippen molar-refractivity contribution in [1.82, 2.24) is 4.98 Å². The first-order valence-electron chi connectivity index (χ1n) is 6.20. The topological polar surface area (TPSA) is 62.2 Å². The van der Waals surface area contributed by atoms with Gasteiger partial charge >= 0.3 is 18.4 Å². The maximum atomic E-state index is 12.8. The largest absolute Gasteiger partial charge is 0.465 e. The van der Waals surface area contributed by atoms with E-state index in [0.29, 0.717) is 11.3 Å². The highest BCUT2D eigenvalue weighted by Crippen LogP contribution is 2.38. The number of anilines is 1. The number of alkyl halides is 6. The van der Waals surface area contributed by atoms with Gasteiger partial charge < -0.3 is 5.11 Å². The number of carboxylic acid groups (broad SMARTS) is 1. The molecule has 0 aliphatic rings. The Bertz CT molecular complexity index is 754. The number of aromatic nitrogens is 1. The predicted octanol–water partition coefficient (Wildman–Crippen LogP) is 4.86. The quantitative estimate of drug-likeness (QED) is 0.759. The number of carbonyl (C=O) groups is 1. The van der Waals surface area contributed by atoms with E-state index in [1.54, 1.807) is 5.32 Å². The highest BCUT2D eigenvalue weighted by Gasteiger charge is 2.38. The summed E-state index contributed by atoms with van der Waals surface area (Å²) in [5.74, 6) is 0. The van der Waals surface area contributed by atoms with Crippen LogP contribution in [0.5, 0.6) is 0 Å². The van der Waals surface area contributed by atoms with Crippen LogP contribution in [0.2, 0.25) is 0 Å². The highest BCUT2D eigenvalue weighted by atomic mass is 32.1.